The molecule has 1 saturated heterocycles. The van der Waals surface area contributed by atoms with Crippen LogP contribution in [0, 0.1) is 0 Å². The van der Waals surface area contributed by atoms with E-state index in [1.54, 1.807) is 18.6 Å². The first-order valence-electron chi connectivity index (χ1n) is 7.29. The van der Waals surface area contributed by atoms with Gasteiger partial charge in [-0.3, -0.25) is 9.97 Å². The lowest BCUT2D eigenvalue weighted by atomic mass is 10.2. The summed E-state index contributed by atoms with van der Waals surface area (Å²) in [7, 11) is 0. The number of pyridine rings is 2. The third kappa shape index (κ3) is 6.18. The number of hydrogen-bond donors (Lipinski definition) is 1. The minimum Gasteiger partial charge on any atom is -0.490 e. The maximum absolute atomic E-state index is 5.81. The number of hydrogen-bond acceptors (Lipinski definition) is 4. The molecule has 0 radical (unpaired) electrons. The largest absolute Gasteiger partial charge is 0.490 e. The zero-order valence-corrected chi connectivity index (χ0v) is 14.4. The van der Waals surface area contributed by atoms with Gasteiger partial charge in [0.05, 0.1) is 6.20 Å². The van der Waals surface area contributed by atoms with Crippen LogP contribution in [0.2, 0.25) is 0 Å². The predicted octanol–water partition coefficient (Wildman–Crippen LogP) is 3.62. The first kappa shape index (κ1) is 19.4. The molecule has 1 aliphatic rings. The van der Waals surface area contributed by atoms with Gasteiger partial charge >= 0.3 is 0 Å². The molecule has 2 aromatic heterocycles. The van der Waals surface area contributed by atoms with E-state index in [9.17, 15) is 0 Å². The van der Waals surface area contributed by atoms with Gasteiger partial charge in [0.25, 0.3) is 0 Å². The van der Waals surface area contributed by atoms with Crippen molar-refractivity contribution in [2.45, 2.75) is 18.9 Å². The molecule has 2 aromatic rings. The standard InChI is InChI=1S/C17H19N3O.2ClH/c1-2-16(20-7-1)13-21-17-10-15(11-19-12-17)4-3-14-5-8-18-9-6-14;;/h3-6,8-12,16,20H,1-2,7,13H2;2*1H/t16-;;/m1../s1. The topological polar surface area (TPSA) is 47.0 Å². The summed E-state index contributed by atoms with van der Waals surface area (Å²) in [5, 5.41) is 3.42. The number of nitrogens with one attached hydrogen (secondary N) is 1. The van der Waals surface area contributed by atoms with Gasteiger partial charge in [-0.15, -0.1) is 24.8 Å². The van der Waals surface area contributed by atoms with Gasteiger partial charge in [0.2, 0.25) is 0 Å². The highest BCUT2D eigenvalue weighted by molar-refractivity contribution is 5.85. The van der Waals surface area contributed by atoms with E-state index in [2.05, 4.69) is 15.3 Å². The van der Waals surface area contributed by atoms with Crippen molar-refractivity contribution < 1.29 is 4.74 Å². The molecule has 3 rings (SSSR count). The summed E-state index contributed by atoms with van der Waals surface area (Å²) in [6.07, 6.45) is 13.7. The Morgan fingerprint density at radius 1 is 1.09 bits per heavy atom. The van der Waals surface area contributed by atoms with Crippen LogP contribution in [0.4, 0.5) is 0 Å². The number of rotatable bonds is 5. The summed E-state index contributed by atoms with van der Waals surface area (Å²) in [6, 6.07) is 6.42. The Labute approximate surface area is 149 Å². The summed E-state index contributed by atoms with van der Waals surface area (Å²) in [4.78, 5) is 8.24. The fraction of sp³-hybridized carbons (Fsp3) is 0.294. The molecule has 0 spiro atoms. The first-order valence-corrected chi connectivity index (χ1v) is 7.29. The smallest absolute Gasteiger partial charge is 0.138 e. The lowest BCUT2D eigenvalue weighted by Crippen LogP contribution is -2.28. The lowest BCUT2D eigenvalue weighted by molar-refractivity contribution is 0.276. The van der Waals surface area contributed by atoms with Crippen LogP contribution in [-0.4, -0.2) is 29.2 Å². The lowest BCUT2D eigenvalue weighted by Gasteiger charge is -2.11. The molecule has 0 saturated carbocycles. The number of aromatic nitrogens is 2. The van der Waals surface area contributed by atoms with Crippen LogP contribution in [0.15, 0.2) is 43.0 Å². The van der Waals surface area contributed by atoms with Gasteiger partial charge in [0.1, 0.15) is 12.4 Å². The molecule has 0 amide bonds. The molecule has 0 unspecified atom stereocenters. The molecule has 1 atom stereocenters. The SMILES string of the molecule is C(=Cc1cncc(OC[C@H]2CCCN2)c1)c1ccncc1.Cl.Cl. The Balaban J connectivity index is 0.00000132. The second kappa shape index (κ2) is 10.2. The van der Waals surface area contributed by atoms with Crippen molar-refractivity contribution in [3.63, 3.8) is 0 Å². The molecular formula is C17H21Cl2N3O. The molecule has 0 aromatic carbocycles. The zero-order valence-electron chi connectivity index (χ0n) is 12.7. The van der Waals surface area contributed by atoms with Crippen LogP contribution in [-0.2, 0) is 0 Å². The third-order valence-electron chi connectivity index (χ3n) is 3.52. The van der Waals surface area contributed by atoms with Gasteiger partial charge in [-0.1, -0.05) is 12.2 Å². The van der Waals surface area contributed by atoms with Crippen LogP contribution in [0.3, 0.4) is 0 Å². The van der Waals surface area contributed by atoms with Gasteiger partial charge in [0.15, 0.2) is 0 Å². The van der Waals surface area contributed by atoms with Crippen molar-refractivity contribution in [1.29, 1.82) is 0 Å². The van der Waals surface area contributed by atoms with Gasteiger partial charge in [-0.25, -0.2) is 0 Å². The molecule has 1 aliphatic heterocycles. The molecule has 0 bridgehead atoms. The molecule has 0 aliphatic carbocycles. The van der Waals surface area contributed by atoms with Gasteiger partial charge < -0.3 is 10.1 Å². The summed E-state index contributed by atoms with van der Waals surface area (Å²) in [5.74, 6) is 0.820. The Morgan fingerprint density at radius 3 is 2.61 bits per heavy atom. The monoisotopic (exact) mass is 353 g/mol. The second-order valence-corrected chi connectivity index (χ2v) is 5.17. The fourth-order valence-electron chi connectivity index (χ4n) is 2.37. The third-order valence-corrected chi connectivity index (χ3v) is 3.52. The number of ether oxygens (including phenoxy) is 1. The Bertz CT molecular complexity index is 602. The van der Waals surface area contributed by atoms with Crippen molar-refractivity contribution >= 4 is 37.0 Å². The summed E-state index contributed by atoms with van der Waals surface area (Å²) in [6.45, 7) is 1.81. The summed E-state index contributed by atoms with van der Waals surface area (Å²) >= 11 is 0. The number of nitrogens with zero attached hydrogens (tertiary/aromatic N) is 2. The summed E-state index contributed by atoms with van der Waals surface area (Å²) < 4.78 is 5.81. The summed E-state index contributed by atoms with van der Waals surface area (Å²) in [5.41, 5.74) is 2.15. The Hall–Kier alpha value is -1.62. The zero-order chi connectivity index (χ0) is 14.3. The van der Waals surface area contributed by atoms with E-state index in [1.807, 2.05) is 36.5 Å². The quantitative estimate of drug-likeness (QED) is 0.891. The highest BCUT2D eigenvalue weighted by atomic mass is 35.5. The van der Waals surface area contributed by atoms with Crippen LogP contribution in [0.25, 0.3) is 12.2 Å². The van der Waals surface area contributed by atoms with E-state index >= 15 is 0 Å². The van der Waals surface area contributed by atoms with E-state index in [1.165, 1.54) is 12.8 Å². The van der Waals surface area contributed by atoms with E-state index in [0.29, 0.717) is 12.6 Å². The molecule has 124 valence electrons. The normalized spacial score (nSPS) is 16.6. The van der Waals surface area contributed by atoms with E-state index in [0.717, 1.165) is 23.4 Å². The number of halogens is 2. The van der Waals surface area contributed by atoms with Gasteiger partial charge in [-0.05, 0) is 48.7 Å². The molecule has 6 heteroatoms. The average molecular weight is 354 g/mol. The molecule has 23 heavy (non-hydrogen) atoms. The van der Waals surface area contributed by atoms with Crippen molar-refractivity contribution in [3.05, 3.63) is 54.1 Å². The minimum atomic E-state index is 0. The van der Waals surface area contributed by atoms with Crippen LogP contribution in [0.5, 0.6) is 5.75 Å². The highest BCUT2D eigenvalue weighted by Gasteiger charge is 2.14. The first-order chi connectivity index (χ1) is 10.4. The molecular weight excluding hydrogens is 333 g/mol. The van der Waals surface area contributed by atoms with Crippen molar-refractivity contribution in [3.8, 4) is 5.75 Å². The van der Waals surface area contributed by atoms with Crippen LogP contribution in [0.1, 0.15) is 24.0 Å². The highest BCUT2D eigenvalue weighted by Crippen LogP contribution is 2.15. The van der Waals surface area contributed by atoms with E-state index in [-0.39, 0.29) is 24.8 Å². The van der Waals surface area contributed by atoms with Crippen LogP contribution >= 0.6 is 24.8 Å². The molecule has 4 nitrogen and oxygen atoms in total. The average Bonchev–Trinajstić information content (AvgIpc) is 3.06. The fourth-order valence-corrected chi connectivity index (χ4v) is 2.37. The van der Waals surface area contributed by atoms with Crippen molar-refractivity contribution in [1.82, 2.24) is 15.3 Å². The minimum absolute atomic E-state index is 0. The molecule has 1 fully saturated rings. The van der Waals surface area contributed by atoms with E-state index in [4.69, 9.17) is 4.74 Å². The molecule has 1 N–H and O–H groups in total. The van der Waals surface area contributed by atoms with Gasteiger partial charge in [-0.2, -0.15) is 0 Å². The van der Waals surface area contributed by atoms with Gasteiger partial charge in [0, 0.05) is 24.6 Å². The second-order valence-electron chi connectivity index (χ2n) is 5.17. The Kier molecular flexibility index (Phi) is 8.62. The van der Waals surface area contributed by atoms with Crippen molar-refractivity contribution in [2.24, 2.45) is 0 Å². The van der Waals surface area contributed by atoms with Crippen LogP contribution < -0.4 is 10.1 Å². The molecule has 3 heterocycles. The maximum atomic E-state index is 5.81. The van der Waals surface area contributed by atoms with E-state index < -0.39 is 0 Å². The Morgan fingerprint density at radius 2 is 1.87 bits per heavy atom. The van der Waals surface area contributed by atoms with Crippen molar-refractivity contribution in [2.75, 3.05) is 13.2 Å². The maximum Gasteiger partial charge on any atom is 0.138 e. The predicted molar refractivity (Wildman–Crippen MR) is 98.4 cm³/mol.